The van der Waals surface area contributed by atoms with E-state index in [-0.39, 0.29) is 11.5 Å². The number of carbonyl (C=O) groups is 1. The molecule has 2 aromatic rings. The van der Waals surface area contributed by atoms with Gasteiger partial charge in [-0.2, -0.15) is 0 Å². The summed E-state index contributed by atoms with van der Waals surface area (Å²) in [4.78, 5) is 12.2. The standard InChI is InChI=1S/C25H28O3/c1-4-22(26)28-21-17-20-15-16-24(21,23(20,2)3)25(27,18-11-7-5-8-12-18)19-13-9-6-10-14-19/h4-14,20-21,27H,1,15-17H2,2-3H3. The Balaban J connectivity index is 1.98. The Labute approximate surface area is 167 Å². The molecular weight excluding hydrogens is 348 g/mol. The molecule has 2 aromatic carbocycles. The van der Waals surface area contributed by atoms with Crippen molar-refractivity contribution in [2.75, 3.05) is 0 Å². The van der Waals surface area contributed by atoms with Crippen molar-refractivity contribution >= 4 is 5.97 Å². The highest BCUT2D eigenvalue weighted by Gasteiger charge is 2.74. The summed E-state index contributed by atoms with van der Waals surface area (Å²) < 4.78 is 5.91. The molecule has 2 aliphatic carbocycles. The first-order valence-electron chi connectivity index (χ1n) is 10.0. The maximum absolute atomic E-state index is 12.6. The van der Waals surface area contributed by atoms with E-state index in [1.165, 1.54) is 6.08 Å². The number of ether oxygens (including phenoxy) is 1. The summed E-state index contributed by atoms with van der Waals surface area (Å²) in [6.07, 6.45) is 3.46. The maximum atomic E-state index is 12.6. The maximum Gasteiger partial charge on any atom is 0.330 e. The minimum atomic E-state index is -1.27. The van der Waals surface area contributed by atoms with E-state index in [1.54, 1.807) is 0 Å². The second-order valence-electron chi connectivity index (χ2n) is 8.74. The molecule has 2 fully saturated rings. The summed E-state index contributed by atoms with van der Waals surface area (Å²) in [6.45, 7) is 8.02. The van der Waals surface area contributed by atoms with Crippen molar-refractivity contribution in [3.63, 3.8) is 0 Å². The molecule has 1 N–H and O–H groups in total. The SMILES string of the molecule is C=CC(=O)OC1CC2CCC1(C(O)(c1ccccc1)c1ccccc1)C2(C)C. The third-order valence-electron chi connectivity index (χ3n) is 7.56. The average molecular weight is 376 g/mol. The molecule has 2 saturated carbocycles. The zero-order valence-electron chi connectivity index (χ0n) is 16.6. The van der Waals surface area contributed by atoms with Crippen LogP contribution in [0.25, 0.3) is 0 Å². The number of carbonyl (C=O) groups excluding carboxylic acids is 1. The molecule has 0 amide bonds. The van der Waals surface area contributed by atoms with Gasteiger partial charge < -0.3 is 9.84 Å². The van der Waals surface area contributed by atoms with E-state index < -0.39 is 17.0 Å². The van der Waals surface area contributed by atoms with Crippen LogP contribution in [0.3, 0.4) is 0 Å². The highest BCUT2D eigenvalue weighted by molar-refractivity contribution is 5.81. The third kappa shape index (κ3) is 2.35. The first-order chi connectivity index (χ1) is 13.4. The molecule has 3 unspecified atom stereocenters. The van der Waals surface area contributed by atoms with Crippen LogP contribution >= 0.6 is 0 Å². The van der Waals surface area contributed by atoms with Gasteiger partial charge in [-0.1, -0.05) is 81.1 Å². The molecule has 3 atom stereocenters. The van der Waals surface area contributed by atoms with Crippen molar-refractivity contribution < 1.29 is 14.6 Å². The Morgan fingerprint density at radius 3 is 2.11 bits per heavy atom. The predicted octanol–water partition coefficient (Wildman–Crippen LogP) is 4.85. The average Bonchev–Trinajstić information content (AvgIpc) is 3.11. The Hall–Kier alpha value is -2.39. The number of fused-ring (bicyclic) bond motifs is 2. The minimum Gasteiger partial charge on any atom is -0.458 e. The lowest BCUT2D eigenvalue weighted by atomic mass is 9.54. The lowest BCUT2D eigenvalue weighted by Gasteiger charge is -2.53. The third-order valence-corrected chi connectivity index (χ3v) is 7.56. The van der Waals surface area contributed by atoms with Crippen molar-refractivity contribution in [3.05, 3.63) is 84.4 Å². The molecule has 2 bridgehead atoms. The van der Waals surface area contributed by atoms with Gasteiger partial charge in [-0.15, -0.1) is 0 Å². The van der Waals surface area contributed by atoms with Crippen LogP contribution in [-0.2, 0) is 15.1 Å². The number of rotatable bonds is 5. The van der Waals surface area contributed by atoms with E-state index in [0.29, 0.717) is 5.92 Å². The summed E-state index contributed by atoms with van der Waals surface area (Å²) in [5.74, 6) is -0.0229. The van der Waals surface area contributed by atoms with Crippen LogP contribution in [0.1, 0.15) is 44.2 Å². The van der Waals surface area contributed by atoms with Crippen LogP contribution in [0.5, 0.6) is 0 Å². The molecule has 28 heavy (non-hydrogen) atoms. The molecule has 0 heterocycles. The van der Waals surface area contributed by atoms with Crippen molar-refractivity contribution in [1.29, 1.82) is 0 Å². The highest BCUT2D eigenvalue weighted by Crippen LogP contribution is 2.73. The predicted molar refractivity (Wildman–Crippen MR) is 110 cm³/mol. The Morgan fingerprint density at radius 2 is 1.64 bits per heavy atom. The molecule has 0 radical (unpaired) electrons. The van der Waals surface area contributed by atoms with Gasteiger partial charge in [0.15, 0.2) is 0 Å². The quantitative estimate of drug-likeness (QED) is 0.600. The fraction of sp³-hybridized carbons (Fsp3) is 0.400. The normalized spacial score (nSPS) is 28.1. The summed E-state index contributed by atoms with van der Waals surface area (Å²) in [7, 11) is 0. The van der Waals surface area contributed by atoms with Crippen molar-refractivity contribution in [2.45, 2.75) is 44.8 Å². The summed E-state index contributed by atoms with van der Waals surface area (Å²) in [5.41, 5.74) is -0.393. The fourth-order valence-corrected chi connectivity index (χ4v) is 6.15. The van der Waals surface area contributed by atoms with E-state index >= 15 is 0 Å². The molecule has 3 heteroatoms. The van der Waals surface area contributed by atoms with Gasteiger partial charge in [-0.25, -0.2) is 4.79 Å². The molecule has 146 valence electrons. The van der Waals surface area contributed by atoms with E-state index in [9.17, 15) is 9.90 Å². The Kier molecular flexibility index (Phi) is 4.46. The van der Waals surface area contributed by atoms with Gasteiger partial charge in [0.2, 0.25) is 0 Å². The van der Waals surface area contributed by atoms with E-state index in [0.717, 1.165) is 30.4 Å². The van der Waals surface area contributed by atoms with Gasteiger partial charge in [0.05, 0.1) is 0 Å². The topological polar surface area (TPSA) is 46.5 Å². The van der Waals surface area contributed by atoms with E-state index in [1.807, 2.05) is 60.7 Å². The van der Waals surface area contributed by atoms with E-state index in [2.05, 4.69) is 20.4 Å². The number of hydrogen-bond acceptors (Lipinski definition) is 3. The lowest BCUT2D eigenvalue weighted by molar-refractivity contribution is -0.180. The zero-order chi connectivity index (χ0) is 20.0. The number of benzene rings is 2. The first kappa shape index (κ1) is 18.9. The van der Waals surface area contributed by atoms with Crippen LogP contribution in [0.2, 0.25) is 0 Å². The summed E-state index contributed by atoms with van der Waals surface area (Å²) in [5, 5.41) is 12.6. The molecule has 0 spiro atoms. The monoisotopic (exact) mass is 376 g/mol. The largest absolute Gasteiger partial charge is 0.458 e. The number of aliphatic hydroxyl groups is 1. The van der Waals surface area contributed by atoms with Gasteiger partial charge in [0.1, 0.15) is 11.7 Å². The van der Waals surface area contributed by atoms with Gasteiger partial charge >= 0.3 is 5.97 Å². The van der Waals surface area contributed by atoms with Crippen molar-refractivity contribution in [3.8, 4) is 0 Å². The molecule has 0 aromatic heterocycles. The Bertz CT molecular complexity index is 832. The van der Waals surface area contributed by atoms with Gasteiger partial charge in [0, 0.05) is 11.5 Å². The molecule has 4 rings (SSSR count). The van der Waals surface area contributed by atoms with Gasteiger partial charge in [0.25, 0.3) is 0 Å². The molecule has 0 saturated heterocycles. The Morgan fingerprint density at radius 1 is 1.11 bits per heavy atom. The van der Waals surface area contributed by atoms with Crippen LogP contribution in [0, 0.1) is 16.7 Å². The summed E-state index contributed by atoms with van der Waals surface area (Å²) in [6, 6.07) is 19.7. The lowest BCUT2D eigenvalue weighted by Crippen LogP contribution is -2.57. The van der Waals surface area contributed by atoms with Crippen LogP contribution in [0.4, 0.5) is 0 Å². The number of esters is 1. The molecular formula is C25H28O3. The van der Waals surface area contributed by atoms with Crippen LogP contribution in [0.15, 0.2) is 73.3 Å². The number of hydrogen-bond donors (Lipinski definition) is 1. The van der Waals surface area contributed by atoms with Crippen molar-refractivity contribution in [1.82, 2.24) is 0 Å². The van der Waals surface area contributed by atoms with Crippen LogP contribution in [-0.4, -0.2) is 17.2 Å². The molecule has 2 aliphatic rings. The second kappa shape index (κ2) is 6.59. The first-order valence-corrected chi connectivity index (χ1v) is 10.0. The van der Waals surface area contributed by atoms with Gasteiger partial charge in [-0.3, -0.25) is 0 Å². The highest BCUT2D eigenvalue weighted by atomic mass is 16.5. The fourth-order valence-electron chi connectivity index (χ4n) is 6.15. The minimum absolute atomic E-state index is 0.195. The molecule has 3 nitrogen and oxygen atoms in total. The van der Waals surface area contributed by atoms with Crippen LogP contribution < -0.4 is 0 Å². The second-order valence-corrected chi connectivity index (χ2v) is 8.74. The van der Waals surface area contributed by atoms with Gasteiger partial charge in [-0.05, 0) is 41.7 Å². The summed E-state index contributed by atoms with van der Waals surface area (Å²) >= 11 is 0. The van der Waals surface area contributed by atoms with Crippen molar-refractivity contribution in [2.24, 2.45) is 16.7 Å². The smallest absolute Gasteiger partial charge is 0.330 e. The zero-order valence-corrected chi connectivity index (χ0v) is 16.6. The van der Waals surface area contributed by atoms with E-state index in [4.69, 9.17) is 4.74 Å². The molecule has 0 aliphatic heterocycles.